The van der Waals surface area contributed by atoms with Gasteiger partial charge in [0.05, 0.1) is 6.61 Å². The Labute approximate surface area is 311 Å². The maximum absolute atomic E-state index is 14.6. The zero-order chi connectivity index (χ0) is 38.3. The lowest BCUT2D eigenvalue weighted by atomic mass is 10.0. The predicted molar refractivity (Wildman–Crippen MR) is 198 cm³/mol. The fourth-order valence-corrected chi connectivity index (χ4v) is 7.50. The molecule has 0 heterocycles. The molecule has 0 aliphatic carbocycles. The van der Waals surface area contributed by atoms with E-state index >= 15 is 0 Å². The highest BCUT2D eigenvalue weighted by Crippen LogP contribution is 2.48. The molecular weight excluding hydrogens is 712 g/mol. The lowest BCUT2D eigenvalue weighted by molar-refractivity contribution is -0.145. The number of benzene rings is 3. The van der Waals surface area contributed by atoms with Gasteiger partial charge in [-0.25, -0.2) is 17.7 Å². The molecule has 3 aromatic carbocycles. The second-order valence-corrected chi connectivity index (χ2v) is 15.1. The number of hydrogen-bond acceptors (Lipinski definition) is 5. The Hall–Kier alpha value is -3.43. The topological polar surface area (TPSA) is 73.9 Å². The van der Waals surface area contributed by atoms with Crippen LogP contribution in [0.1, 0.15) is 128 Å². The number of para-hydroxylation sites is 1. The van der Waals surface area contributed by atoms with E-state index in [9.17, 15) is 31.3 Å². The van der Waals surface area contributed by atoms with Crippen LogP contribution in [0.3, 0.4) is 0 Å². The molecular formula is C41H55F5NO5P. The van der Waals surface area contributed by atoms with Gasteiger partial charge in [-0.15, -0.1) is 0 Å². The van der Waals surface area contributed by atoms with Crippen molar-refractivity contribution in [2.24, 2.45) is 0 Å². The van der Waals surface area contributed by atoms with Gasteiger partial charge in [0.1, 0.15) is 11.8 Å². The summed E-state index contributed by atoms with van der Waals surface area (Å²) < 4.78 is 101. The summed E-state index contributed by atoms with van der Waals surface area (Å²) in [5, 5.41) is 2.36. The maximum Gasteiger partial charge on any atom is 0.513 e. The van der Waals surface area contributed by atoms with Crippen LogP contribution in [0.25, 0.3) is 0 Å². The van der Waals surface area contributed by atoms with E-state index in [1.807, 2.05) is 0 Å². The Balaban J connectivity index is 1.49. The van der Waals surface area contributed by atoms with Crippen molar-refractivity contribution in [2.45, 2.75) is 135 Å². The molecule has 0 aliphatic rings. The number of carbonyl (C=O) groups excluding carboxylic acids is 1. The molecule has 0 aromatic heterocycles. The Morgan fingerprint density at radius 2 is 1.00 bits per heavy atom. The highest BCUT2D eigenvalue weighted by atomic mass is 31.2. The summed E-state index contributed by atoms with van der Waals surface area (Å²) in [6.45, 7) is 2.31. The number of esters is 1. The average Bonchev–Trinajstić information content (AvgIpc) is 3.16. The first kappa shape index (κ1) is 44.0. The molecule has 53 heavy (non-hydrogen) atoms. The first-order valence-electron chi connectivity index (χ1n) is 19.2. The first-order chi connectivity index (χ1) is 25.6. The predicted octanol–water partition coefficient (Wildman–Crippen LogP) is 12.7. The third-order valence-corrected chi connectivity index (χ3v) is 10.5. The molecule has 0 saturated heterocycles. The van der Waals surface area contributed by atoms with Crippen molar-refractivity contribution >= 4 is 13.7 Å². The molecule has 12 heteroatoms. The Bertz CT molecular complexity index is 1500. The fourth-order valence-electron chi connectivity index (χ4n) is 5.98. The molecule has 0 saturated carbocycles. The van der Waals surface area contributed by atoms with Gasteiger partial charge in [-0.2, -0.15) is 13.9 Å². The van der Waals surface area contributed by atoms with Crippen LogP contribution in [-0.2, 0) is 20.5 Å². The SMILES string of the molecule is CCCCCCCCCCCCCCCCCCCCOC(=O)[C@H](Cc1ccccc1)N[P@](=O)(Oc1ccccc1)Oc1c(F)c(F)c(F)c(F)c1F. The van der Waals surface area contributed by atoms with E-state index in [0.29, 0.717) is 12.0 Å². The van der Waals surface area contributed by atoms with Gasteiger partial charge in [-0.1, -0.05) is 165 Å². The first-order valence-corrected chi connectivity index (χ1v) is 20.7. The van der Waals surface area contributed by atoms with Crippen molar-refractivity contribution in [3.63, 3.8) is 0 Å². The summed E-state index contributed by atoms with van der Waals surface area (Å²) in [6, 6.07) is 14.3. The molecule has 0 spiro atoms. The summed E-state index contributed by atoms with van der Waals surface area (Å²) in [5.74, 6) is -14.5. The van der Waals surface area contributed by atoms with E-state index in [1.54, 1.807) is 36.4 Å². The minimum Gasteiger partial charge on any atom is -0.465 e. The van der Waals surface area contributed by atoms with Crippen molar-refractivity contribution in [2.75, 3.05) is 6.61 Å². The van der Waals surface area contributed by atoms with Crippen LogP contribution in [0.5, 0.6) is 11.5 Å². The van der Waals surface area contributed by atoms with Gasteiger partial charge in [0.25, 0.3) is 0 Å². The van der Waals surface area contributed by atoms with E-state index < -0.39 is 54.6 Å². The molecule has 294 valence electrons. The average molecular weight is 768 g/mol. The van der Waals surface area contributed by atoms with Crippen LogP contribution in [0, 0.1) is 29.1 Å². The van der Waals surface area contributed by atoms with Crippen LogP contribution in [0.15, 0.2) is 60.7 Å². The molecule has 1 N–H and O–H groups in total. The van der Waals surface area contributed by atoms with Gasteiger partial charge in [0.15, 0.2) is 0 Å². The highest BCUT2D eigenvalue weighted by molar-refractivity contribution is 7.52. The normalized spacial score (nSPS) is 13.0. The lowest BCUT2D eigenvalue weighted by Gasteiger charge is -2.25. The molecule has 0 amide bonds. The van der Waals surface area contributed by atoms with Crippen LogP contribution in [0.2, 0.25) is 0 Å². The quantitative estimate of drug-likeness (QED) is 0.0198. The summed E-state index contributed by atoms with van der Waals surface area (Å²) in [7, 11) is -5.08. The second kappa shape index (κ2) is 24.8. The minimum absolute atomic E-state index is 0.0624. The summed E-state index contributed by atoms with van der Waals surface area (Å²) in [6.07, 6.45) is 21.7. The van der Waals surface area contributed by atoms with Crippen LogP contribution in [0.4, 0.5) is 22.0 Å². The monoisotopic (exact) mass is 767 g/mol. The molecule has 3 aromatic rings. The summed E-state index contributed by atoms with van der Waals surface area (Å²) in [4.78, 5) is 13.4. The molecule has 0 bridgehead atoms. The Morgan fingerprint density at radius 1 is 0.585 bits per heavy atom. The van der Waals surface area contributed by atoms with E-state index in [0.717, 1.165) is 25.7 Å². The molecule has 0 unspecified atom stereocenters. The number of unbranched alkanes of at least 4 members (excludes halogenated alkanes) is 17. The Morgan fingerprint density at radius 3 is 1.47 bits per heavy atom. The van der Waals surface area contributed by atoms with Crippen molar-refractivity contribution in [1.29, 1.82) is 0 Å². The van der Waals surface area contributed by atoms with Crippen LogP contribution >= 0.6 is 7.75 Å². The van der Waals surface area contributed by atoms with Crippen LogP contribution in [-0.4, -0.2) is 18.6 Å². The third-order valence-electron chi connectivity index (χ3n) is 8.97. The minimum atomic E-state index is -5.08. The van der Waals surface area contributed by atoms with Crippen molar-refractivity contribution in [3.8, 4) is 11.5 Å². The number of carbonyl (C=O) groups is 1. The summed E-state index contributed by atoms with van der Waals surface area (Å²) in [5.41, 5.74) is 0.595. The van der Waals surface area contributed by atoms with E-state index in [-0.39, 0.29) is 18.8 Å². The van der Waals surface area contributed by atoms with Gasteiger partial charge < -0.3 is 13.8 Å². The van der Waals surface area contributed by atoms with Crippen molar-refractivity contribution < 1.29 is 45.1 Å². The van der Waals surface area contributed by atoms with Gasteiger partial charge in [-0.3, -0.25) is 4.79 Å². The summed E-state index contributed by atoms with van der Waals surface area (Å²) >= 11 is 0. The van der Waals surface area contributed by atoms with E-state index in [4.69, 9.17) is 13.8 Å². The van der Waals surface area contributed by atoms with Gasteiger partial charge in [0, 0.05) is 0 Å². The smallest absolute Gasteiger partial charge is 0.465 e. The van der Waals surface area contributed by atoms with E-state index in [2.05, 4.69) is 12.0 Å². The zero-order valence-corrected chi connectivity index (χ0v) is 31.8. The fraction of sp³-hybridized carbons (Fsp3) is 0.537. The molecule has 3 rings (SSSR count). The lowest BCUT2D eigenvalue weighted by Crippen LogP contribution is -2.40. The molecule has 6 nitrogen and oxygen atoms in total. The number of halogens is 5. The number of ether oxygens (including phenoxy) is 1. The standard InChI is InChI=1S/C41H55F5NO5P/c1-2-3-4-5-6-7-8-9-10-11-12-13-14-15-16-17-18-25-30-50-41(48)34(31-32-26-21-19-22-27-32)47-53(49,51-33-28-23-20-24-29-33)52-40-38(45)36(43)35(42)37(44)39(40)46/h19-24,26-29,34H,2-18,25,30-31H2,1H3,(H,47,49)/t34-,53-/m0/s1. The molecule has 0 radical (unpaired) electrons. The molecule has 0 aliphatic heterocycles. The van der Waals surface area contributed by atoms with Crippen molar-refractivity contribution in [3.05, 3.63) is 95.3 Å². The number of rotatable bonds is 28. The largest absolute Gasteiger partial charge is 0.513 e. The number of nitrogens with one attached hydrogen (secondary N) is 1. The van der Waals surface area contributed by atoms with Crippen molar-refractivity contribution in [1.82, 2.24) is 5.09 Å². The number of hydrogen-bond donors (Lipinski definition) is 1. The van der Waals surface area contributed by atoms with Gasteiger partial charge in [0.2, 0.25) is 34.8 Å². The highest BCUT2D eigenvalue weighted by Gasteiger charge is 2.39. The maximum atomic E-state index is 14.6. The zero-order valence-electron chi connectivity index (χ0n) is 30.9. The Kier molecular flexibility index (Phi) is 20.6. The molecule has 2 atom stereocenters. The second-order valence-electron chi connectivity index (χ2n) is 13.4. The van der Waals surface area contributed by atoms with Crippen LogP contribution < -0.4 is 14.1 Å². The third kappa shape index (κ3) is 16.2. The van der Waals surface area contributed by atoms with Gasteiger partial charge >= 0.3 is 13.7 Å². The molecule has 0 fully saturated rings. The van der Waals surface area contributed by atoms with Gasteiger partial charge in [-0.05, 0) is 30.5 Å². The van der Waals surface area contributed by atoms with E-state index in [1.165, 1.54) is 108 Å².